The molecule has 4 heteroatoms. The van der Waals surface area contributed by atoms with Crippen molar-refractivity contribution in [3.63, 3.8) is 0 Å². The molecule has 0 fully saturated rings. The highest BCUT2D eigenvalue weighted by Crippen LogP contribution is 2.20. The molecule has 0 spiro atoms. The molecule has 0 radical (unpaired) electrons. The van der Waals surface area contributed by atoms with Crippen molar-refractivity contribution < 1.29 is 9.53 Å². The second-order valence-electron chi connectivity index (χ2n) is 4.70. The zero-order valence-electron chi connectivity index (χ0n) is 11.9. The molecule has 2 aromatic rings. The van der Waals surface area contributed by atoms with Crippen LogP contribution in [0.5, 0.6) is 5.75 Å². The van der Waals surface area contributed by atoms with Crippen molar-refractivity contribution in [2.24, 2.45) is 0 Å². The van der Waals surface area contributed by atoms with Crippen molar-refractivity contribution in [1.29, 1.82) is 0 Å². The minimum absolute atomic E-state index is 0.105. The van der Waals surface area contributed by atoms with Crippen molar-refractivity contribution in [2.75, 3.05) is 12.4 Å². The molecule has 1 aromatic carbocycles. The number of pyridine rings is 1. The largest absolute Gasteiger partial charge is 0.496 e. The van der Waals surface area contributed by atoms with Crippen LogP contribution in [-0.2, 0) is 11.2 Å². The van der Waals surface area contributed by atoms with Gasteiger partial charge >= 0.3 is 0 Å². The maximum absolute atomic E-state index is 12.1. The van der Waals surface area contributed by atoms with Crippen LogP contribution in [0.4, 0.5) is 5.82 Å². The number of benzene rings is 1. The SMILES string of the molecule is COc1ccc(C)cc1CC(=O)Nc1cccc(C)n1. The van der Waals surface area contributed by atoms with Gasteiger partial charge in [-0.25, -0.2) is 4.98 Å². The monoisotopic (exact) mass is 270 g/mol. The number of rotatable bonds is 4. The average molecular weight is 270 g/mol. The Labute approximate surface area is 118 Å². The molecular weight excluding hydrogens is 252 g/mol. The van der Waals surface area contributed by atoms with Gasteiger partial charge in [-0.3, -0.25) is 4.79 Å². The molecule has 0 saturated carbocycles. The Morgan fingerprint density at radius 2 is 2.05 bits per heavy atom. The predicted octanol–water partition coefficient (Wildman–Crippen LogP) is 2.89. The summed E-state index contributed by atoms with van der Waals surface area (Å²) < 4.78 is 5.27. The maximum Gasteiger partial charge on any atom is 0.230 e. The molecule has 0 aliphatic rings. The van der Waals surface area contributed by atoms with E-state index in [2.05, 4.69) is 10.3 Å². The standard InChI is InChI=1S/C16H18N2O2/c1-11-7-8-14(20-3)13(9-11)10-16(19)18-15-6-4-5-12(2)17-15/h4-9H,10H2,1-3H3,(H,17,18,19). The van der Waals surface area contributed by atoms with Gasteiger partial charge in [-0.2, -0.15) is 0 Å². The number of amides is 1. The van der Waals surface area contributed by atoms with E-state index >= 15 is 0 Å². The highest BCUT2D eigenvalue weighted by Gasteiger charge is 2.10. The Balaban J connectivity index is 2.10. The third-order valence-corrected chi connectivity index (χ3v) is 2.94. The summed E-state index contributed by atoms with van der Waals surface area (Å²) in [4.78, 5) is 16.3. The van der Waals surface area contributed by atoms with Crippen molar-refractivity contribution >= 4 is 11.7 Å². The maximum atomic E-state index is 12.1. The smallest absolute Gasteiger partial charge is 0.230 e. The molecule has 1 aromatic heterocycles. The predicted molar refractivity (Wildman–Crippen MR) is 79.0 cm³/mol. The van der Waals surface area contributed by atoms with Crippen LogP contribution < -0.4 is 10.1 Å². The van der Waals surface area contributed by atoms with E-state index in [1.807, 2.05) is 44.2 Å². The lowest BCUT2D eigenvalue weighted by molar-refractivity contribution is -0.115. The molecule has 0 atom stereocenters. The molecule has 0 aliphatic heterocycles. The third-order valence-electron chi connectivity index (χ3n) is 2.94. The van der Waals surface area contributed by atoms with Crippen molar-refractivity contribution in [1.82, 2.24) is 4.98 Å². The number of aromatic nitrogens is 1. The summed E-state index contributed by atoms with van der Waals surface area (Å²) in [6.07, 6.45) is 0.264. The van der Waals surface area contributed by atoms with Gasteiger partial charge in [0.2, 0.25) is 5.91 Å². The van der Waals surface area contributed by atoms with Gasteiger partial charge in [-0.05, 0) is 32.0 Å². The van der Waals surface area contributed by atoms with Crippen LogP contribution in [0.25, 0.3) is 0 Å². The van der Waals surface area contributed by atoms with Crippen LogP contribution in [0, 0.1) is 13.8 Å². The molecule has 1 amide bonds. The number of methoxy groups -OCH3 is 1. The van der Waals surface area contributed by atoms with Gasteiger partial charge < -0.3 is 10.1 Å². The highest BCUT2D eigenvalue weighted by atomic mass is 16.5. The quantitative estimate of drug-likeness (QED) is 0.929. The summed E-state index contributed by atoms with van der Waals surface area (Å²) in [7, 11) is 1.61. The van der Waals surface area contributed by atoms with E-state index in [1.165, 1.54) is 0 Å². The summed E-state index contributed by atoms with van der Waals surface area (Å²) in [6, 6.07) is 11.3. The highest BCUT2D eigenvalue weighted by molar-refractivity contribution is 5.91. The molecule has 0 saturated heterocycles. The summed E-state index contributed by atoms with van der Waals surface area (Å²) >= 11 is 0. The summed E-state index contributed by atoms with van der Waals surface area (Å²) in [5, 5.41) is 2.80. The number of hydrogen-bond donors (Lipinski definition) is 1. The van der Waals surface area contributed by atoms with Gasteiger partial charge in [-0.15, -0.1) is 0 Å². The van der Waals surface area contributed by atoms with Crippen molar-refractivity contribution in [2.45, 2.75) is 20.3 Å². The van der Waals surface area contributed by atoms with Crippen LogP contribution in [0.15, 0.2) is 36.4 Å². The van der Waals surface area contributed by atoms with Crippen LogP contribution in [0.2, 0.25) is 0 Å². The zero-order chi connectivity index (χ0) is 14.5. The normalized spacial score (nSPS) is 10.2. The number of nitrogens with zero attached hydrogens (tertiary/aromatic N) is 1. The lowest BCUT2D eigenvalue weighted by Gasteiger charge is -2.10. The van der Waals surface area contributed by atoms with Crippen molar-refractivity contribution in [3.8, 4) is 5.75 Å². The summed E-state index contributed by atoms with van der Waals surface area (Å²) in [6.45, 7) is 3.88. The average Bonchev–Trinajstić information content (AvgIpc) is 2.38. The van der Waals surface area contributed by atoms with Crippen LogP contribution in [-0.4, -0.2) is 18.0 Å². The molecule has 4 nitrogen and oxygen atoms in total. The van der Waals surface area contributed by atoms with Gasteiger partial charge in [0, 0.05) is 11.3 Å². The first kappa shape index (κ1) is 14.1. The van der Waals surface area contributed by atoms with Gasteiger partial charge in [0.15, 0.2) is 0 Å². The second-order valence-corrected chi connectivity index (χ2v) is 4.70. The third kappa shape index (κ3) is 3.57. The summed E-state index contributed by atoms with van der Waals surface area (Å²) in [5.41, 5.74) is 2.84. The van der Waals surface area contributed by atoms with Crippen molar-refractivity contribution in [3.05, 3.63) is 53.2 Å². The molecule has 0 unspecified atom stereocenters. The summed E-state index contributed by atoms with van der Waals surface area (Å²) in [5.74, 6) is 1.19. The molecule has 104 valence electrons. The lowest BCUT2D eigenvalue weighted by atomic mass is 10.1. The zero-order valence-corrected chi connectivity index (χ0v) is 11.9. The van der Waals surface area contributed by atoms with E-state index in [0.29, 0.717) is 5.82 Å². The molecule has 0 aliphatic carbocycles. The van der Waals surface area contributed by atoms with Gasteiger partial charge in [-0.1, -0.05) is 23.8 Å². The minimum atomic E-state index is -0.105. The first-order valence-electron chi connectivity index (χ1n) is 6.45. The number of anilines is 1. The van der Waals surface area contributed by atoms with E-state index in [9.17, 15) is 4.79 Å². The number of aryl methyl sites for hydroxylation is 2. The number of carbonyl (C=O) groups excluding carboxylic acids is 1. The Kier molecular flexibility index (Phi) is 4.35. The van der Waals surface area contributed by atoms with E-state index in [-0.39, 0.29) is 12.3 Å². The van der Waals surface area contributed by atoms with E-state index in [0.717, 1.165) is 22.6 Å². The fourth-order valence-corrected chi connectivity index (χ4v) is 2.02. The molecular formula is C16H18N2O2. The molecule has 1 N–H and O–H groups in total. The van der Waals surface area contributed by atoms with E-state index < -0.39 is 0 Å². The lowest BCUT2D eigenvalue weighted by Crippen LogP contribution is -2.16. The first-order valence-corrected chi connectivity index (χ1v) is 6.45. The Morgan fingerprint density at radius 1 is 1.25 bits per heavy atom. The first-order chi connectivity index (χ1) is 9.58. The molecule has 1 heterocycles. The Bertz CT molecular complexity index is 624. The van der Waals surface area contributed by atoms with Crippen LogP contribution >= 0.6 is 0 Å². The van der Waals surface area contributed by atoms with E-state index in [4.69, 9.17) is 4.74 Å². The van der Waals surface area contributed by atoms with Crippen LogP contribution in [0.3, 0.4) is 0 Å². The second kappa shape index (κ2) is 6.19. The fraction of sp³-hybridized carbons (Fsp3) is 0.250. The number of hydrogen-bond acceptors (Lipinski definition) is 3. The molecule has 20 heavy (non-hydrogen) atoms. The number of carbonyl (C=O) groups is 1. The van der Waals surface area contributed by atoms with Gasteiger partial charge in [0.25, 0.3) is 0 Å². The molecule has 2 rings (SSSR count). The number of ether oxygens (including phenoxy) is 1. The fourth-order valence-electron chi connectivity index (χ4n) is 2.02. The van der Waals surface area contributed by atoms with E-state index in [1.54, 1.807) is 13.2 Å². The van der Waals surface area contributed by atoms with Crippen LogP contribution in [0.1, 0.15) is 16.8 Å². The minimum Gasteiger partial charge on any atom is -0.496 e. The number of nitrogens with one attached hydrogen (secondary N) is 1. The topological polar surface area (TPSA) is 51.2 Å². The van der Waals surface area contributed by atoms with Gasteiger partial charge in [0.1, 0.15) is 11.6 Å². The Hall–Kier alpha value is -2.36. The Morgan fingerprint density at radius 3 is 2.75 bits per heavy atom. The molecule has 0 bridgehead atoms. The van der Waals surface area contributed by atoms with Gasteiger partial charge in [0.05, 0.1) is 13.5 Å².